The van der Waals surface area contributed by atoms with Crippen molar-refractivity contribution in [3.8, 4) is 0 Å². The van der Waals surface area contributed by atoms with Crippen LogP contribution in [-0.2, 0) is 6.54 Å². The highest BCUT2D eigenvalue weighted by Gasteiger charge is 2.19. The zero-order chi connectivity index (χ0) is 15.4. The van der Waals surface area contributed by atoms with Crippen molar-refractivity contribution >= 4 is 27.5 Å². The normalized spacial score (nSPS) is 10.2. The Labute approximate surface area is 128 Å². The maximum atomic E-state index is 13.4. The van der Waals surface area contributed by atoms with E-state index in [0.717, 1.165) is 0 Å². The number of carbonyl (C=O) groups excluding carboxylic acids is 1. The van der Waals surface area contributed by atoms with Crippen LogP contribution >= 0.6 is 15.9 Å². The monoisotopic (exact) mass is 352 g/mol. The fourth-order valence-corrected chi connectivity index (χ4v) is 2.34. The third kappa shape index (κ3) is 3.43. The fourth-order valence-electron chi connectivity index (χ4n) is 1.75. The van der Waals surface area contributed by atoms with Crippen molar-refractivity contribution in [2.24, 2.45) is 0 Å². The van der Waals surface area contributed by atoms with Gasteiger partial charge in [0, 0.05) is 18.2 Å². The lowest BCUT2D eigenvalue weighted by Gasteiger charge is -2.08. The van der Waals surface area contributed by atoms with E-state index in [9.17, 15) is 19.3 Å². The Morgan fingerprint density at radius 1 is 1.24 bits per heavy atom. The highest BCUT2D eigenvalue weighted by molar-refractivity contribution is 9.10. The number of nitrogens with one attached hydrogen (secondary N) is 1. The summed E-state index contributed by atoms with van der Waals surface area (Å²) >= 11 is 3.05. The maximum Gasteiger partial charge on any atom is 0.284 e. The van der Waals surface area contributed by atoms with Crippen LogP contribution in [0.1, 0.15) is 15.9 Å². The Hall–Kier alpha value is -2.28. The van der Waals surface area contributed by atoms with Crippen LogP contribution in [-0.4, -0.2) is 10.8 Å². The Balaban J connectivity index is 2.16. The zero-order valence-electron chi connectivity index (χ0n) is 10.7. The number of hydrogen-bond acceptors (Lipinski definition) is 3. The standard InChI is InChI=1S/C14H10BrFN2O3/c15-13-10(5-3-7-12(13)18(20)21)14(19)17-8-9-4-1-2-6-11(9)16/h1-7H,8H2,(H,17,19). The highest BCUT2D eigenvalue weighted by atomic mass is 79.9. The molecule has 0 aliphatic heterocycles. The lowest BCUT2D eigenvalue weighted by Crippen LogP contribution is -2.23. The molecule has 0 atom stereocenters. The average Bonchev–Trinajstić information content (AvgIpc) is 2.46. The molecular formula is C14H10BrFN2O3. The summed E-state index contributed by atoms with van der Waals surface area (Å²) in [6.45, 7) is 0.000634. The van der Waals surface area contributed by atoms with Crippen LogP contribution in [0.25, 0.3) is 0 Å². The van der Waals surface area contributed by atoms with Gasteiger partial charge in [-0.1, -0.05) is 24.3 Å². The highest BCUT2D eigenvalue weighted by Crippen LogP contribution is 2.28. The van der Waals surface area contributed by atoms with E-state index in [2.05, 4.69) is 21.2 Å². The van der Waals surface area contributed by atoms with Gasteiger partial charge in [-0.15, -0.1) is 0 Å². The SMILES string of the molecule is O=C(NCc1ccccc1F)c1cccc([N+](=O)[O-])c1Br. The molecule has 0 radical (unpaired) electrons. The van der Waals surface area contributed by atoms with E-state index in [1.165, 1.54) is 24.3 Å². The van der Waals surface area contributed by atoms with Crippen molar-refractivity contribution in [3.05, 3.63) is 74.0 Å². The van der Waals surface area contributed by atoms with Crippen LogP contribution in [0.15, 0.2) is 46.9 Å². The van der Waals surface area contributed by atoms with E-state index >= 15 is 0 Å². The van der Waals surface area contributed by atoms with Crippen molar-refractivity contribution in [2.45, 2.75) is 6.54 Å². The molecule has 0 aliphatic carbocycles. The van der Waals surface area contributed by atoms with Crippen LogP contribution in [0.2, 0.25) is 0 Å². The number of carbonyl (C=O) groups is 1. The number of nitro benzene ring substituents is 1. The molecule has 108 valence electrons. The van der Waals surface area contributed by atoms with Crippen molar-refractivity contribution in [1.29, 1.82) is 0 Å². The largest absolute Gasteiger partial charge is 0.348 e. The van der Waals surface area contributed by atoms with Gasteiger partial charge in [0.15, 0.2) is 0 Å². The van der Waals surface area contributed by atoms with E-state index in [1.54, 1.807) is 18.2 Å². The van der Waals surface area contributed by atoms with E-state index in [4.69, 9.17) is 0 Å². The molecule has 0 fully saturated rings. The second kappa shape index (κ2) is 6.45. The van der Waals surface area contributed by atoms with Crippen LogP contribution < -0.4 is 5.32 Å². The predicted molar refractivity (Wildman–Crippen MR) is 78.4 cm³/mol. The van der Waals surface area contributed by atoms with Crippen molar-refractivity contribution in [3.63, 3.8) is 0 Å². The first kappa shape index (κ1) is 15.1. The molecule has 2 aromatic carbocycles. The van der Waals surface area contributed by atoms with Crippen LogP contribution in [0.4, 0.5) is 10.1 Å². The summed E-state index contributed by atoms with van der Waals surface area (Å²) in [6, 6.07) is 10.2. The summed E-state index contributed by atoms with van der Waals surface area (Å²) in [6.07, 6.45) is 0. The molecule has 0 saturated heterocycles. The summed E-state index contributed by atoms with van der Waals surface area (Å²) in [5, 5.41) is 13.3. The summed E-state index contributed by atoms with van der Waals surface area (Å²) in [5.41, 5.74) is 0.265. The van der Waals surface area contributed by atoms with Gasteiger partial charge >= 0.3 is 0 Å². The van der Waals surface area contributed by atoms with Gasteiger partial charge < -0.3 is 5.32 Å². The molecule has 0 aliphatic rings. The first-order chi connectivity index (χ1) is 10.0. The van der Waals surface area contributed by atoms with Gasteiger partial charge in [0.2, 0.25) is 0 Å². The van der Waals surface area contributed by atoms with Crippen molar-refractivity contribution in [1.82, 2.24) is 5.32 Å². The molecule has 5 nitrogen and oxygen atoms in total. The number of benzene rings is 2. The summed E-state index contributed by atoms with van der Waals surface area (Å²) in [5.74, 6) is -0.940. The van der Waals surface area contributed by atoms with Gasteiger partial charge in [0.1, 0.15) is 10.3 Å². The predicted octanol–water partition coefficient (Wildman–Crippen LogP) is 3.43. The maximum absolute atomic E-state index is 13.4. The number of amides is 1. The third-order valence-corrected chi connectivity index (χ3v) is 3.65. The van der Waals surface area contributed by atoms with Crippen molar-refractivity contribution in [2.75, 3.05) is 0 Å². The Morgan fingerprint density at radius 2 is 1.95 bits per heavy atom. The third-order valence-electron chi connectivity index (χ3n) is 2.82. The second-order valence-electron chi connectivity index (χ2n) is 4.17. The number of halogens is 2. The molecule has 0 spiro atoms. The van der Waals surface area contributed by atoms with E-state index in [0.29, 0.717) is 5.56 Å². The molecule has 2 aromatic rings. The quantitative estimate of drug-likeness (QED) is 0.676. The molecule has 21 heavy (non-hydrogen) atoms. The minimum absolute atomic E-state index is 0.000634. The van der Waals surface area contributed by atoms with Gasteiger partial charge in [-0.25, -0.2) is 4.39 Å². The lowest BCUT2D eigenvalue weighted by molar-refractivity contribution is -0.385. The number of hydrogen-bond donors (Lipinski definition) is 1. The van der Waals surface area contributed by atoms with E-state index in [1.807, 2.05) is 0 Å². The second-order valence-corrected chi connectivity index (χ2v) is 4.96. The van der Waals surface area contributed by atoms with Gasteiger partial charge in [0.05, 0.1) is 10.5 Å². The fraction of sp³-hybridized carbons (Fsp3) is 0.0714. The van der Waals surface area contributed by atoms with Crippen LogP contribution in [0.5, 0.6) is 0 Å². The molecule has 1 N–H and O–H groups in total. The van der Waals surface area contributed by atoms with E-state index in [-0.39, 0.29) is 22.3 Å². The van der Waals surface area contributed by atoms with Gasteiger partial charge in [-0.05, 0) is 28.1 Å². The zero-order valence-corrected chi connectivity index (χ0v) is 12.3. The number of rotatable bonds is 4. The Kier molecular flexibility index (Phi) is 4.64. The van der Waals surface area contributed by atoms with Gasteiger partial charge in [-0.3, -0.25) is 14.9 Å². The first-order valence-corrected chi connectivity index (χ1v) is 6.74. The molecule has 0 heterocycles. The summed E-state index contributed by atoms with van der Waals surface area (Å²) in [7, 11) is 0. The molecule has 1 amide bonds. The lowest BCUT2D eigenvalue weighted by atomic mass is 10.1. The molecule has 2 rings (SSSR count). The average molecular weight is 353 g/mol. The van der Waals surface area contributed by atoms with Gasteiger partial charge in [0.25, 0.3) is 11.6 Å². The number of nitro groups is 1. The molecule has 0 unspecified atom stereocenters. The van der Waals surface area contributed by atoms with Crippen molar-refractivity contribution < 1.29 is 14.1 Å². The van der Waals surface area contributed by atoms with Crippen LogP contribution in [0, 0.1) is 15.9 Å². The summed E-state index contributed by atoms with van der Waals surface area (Å²) < 4.78 is 13.5. The topological polar surface area (TPSA) is 72.2 Å². The number of nitrogens with zero attached hydrogens (tertiary/aromatic N) is 1. The molecule has 0 saturated carbocycles. The molecular weight excluding hydrogens is 343 g/mol. The van der Waals surface area contributed by atoms with Crippen LogP contribution in [0.3, 0.4) is 0 Å². The Bertz CT molecular complexity index is 706. The molecule has 0 aromatic heterocycles. The van der Waals surface area contributed by atoms with Gasteiger partial charge in [-0.2, -0.15) is 0 Å². The molecule has 7 heteroatoms. The summed E-state index contributed by atoms with van der Waals surface area (Å²) in [4.78, 5) is 22.3. The minimum Gasteiger partial charge on any atom is -0.348 e. The van der Waals surface area contributed by atoms with E-state index < -0.39 is 16.6 Å². The first-order valence-electron chi connectivity index (χ1n) is 5.95. The molecule has 0 bridgehead atoms. The Morgan fingerprint density at radius 3 is 2.62 bits per heavy atom. The smallest absolute Gasteiger partial charge is 0.284 e. The minimum atomic E-state index is -0.586.